The smallest absolute Gasteiger partial charge is 0.358 e. The summed E-state index contributed by atoms with van der Waals surface area (Å²) in [4.78, 5) is 27.8. The van der Waals surface area contributed by atoms with E-state index in [9.17, 15) is 9.59 Å². The number of nitrogens with zero attached hydrogens (tertiary/aromatic N) is 4. The number of amides is 1. The van der Waals surface area contributed by atoms with Crippen molar-refractivity contribution in [3.63, 3.8) is 0 Å². The minimum Gasteiger partial charge on any atom is -0.464 e. The molecular formula is C16H24N4O3. The van der Waals surface area contributed by atoms with Crippen molar-refractivity contribution in [3.8, 4) is 0 Å². The average molecular weight is 320 g/mol. The molecule has 0 saturated carbocycles. The Balaban J connectivity index is 2.03. The molecular weight excluding hydrogens is 296 g/mol. The fourth-order valence-corrected chi connectivity index (χ4v) is 2.53. The number of hydrogen-bond donors (Lipinski definition) is 0. The summed E-state index contributed by atoms with van der Waals surface area (Å²) in [6.45, 7) is 8.74. The first-order chi connectivity index (χ1) is 10.8. The second-order valence-corrected chi connectivity index (χ2v) is 6.65. The molecule has 1 amide bonds. The van der Waals surface area contributed by atoms with E-state index in [1.54, 1.807) is 12.1 Å². The van der Waals surface area contributed by atoms with E-state index in [0.29, 0.717) is 18.9 Å². The van der Waals surface area contributed by atoms with E-state index in [-0.39, 0.29) is 17.0 Å². The maximum absolute atomic E-state index is 12.4. The number of esters is 1. The number of anilines is 1. The predicted molar refractivity (Wildman–Crippen MR) is 86.2 cm³/mol. The summed E-state index contributed by atoms with van der Waals surface area (Å²) < 4.78 is 4.61. The monoisotopic (exact) mass is 320 g/mol. The number of aromatic nitrogens is 2. The number of rotatable bonds is 2. The van der Waals surface area contributed by atoms with Gasteiger partial charge in [0.05, 0.1) is 7.11 Å². The van der Waals surface area contributed by atoms with Crippen molar-refractivity contribution in [3.05, 3.63) is 17.8 Å². The Hall–Kier alpha value is -2.18. The van der Waals surface area contributed by atoms with Gasteiger partial charge in [-0.1, -0.05) is 20.8 Å². The molecule has 0 atom stereocenters. The number of hydrogen-bond acceptors (Lipinski definition) is 6. The predicted octanol–water partition coefficient (Wildman–Crippen LogP) is 1.35. The zero-order valence-corrected chi connectivity index (χ0v) is 14.2. The molecule has 1 aliphatic heterocycles. The quantitative estimate of drug-likeness (QED) is 0.766. The Morgan fingerprint density at radius 1 is 1.09 bits per heavy atom. The lowest BCUT2D eigenvalue weighted by Gasteiger charge is -2.28. The van der Waals surface area contributed by atoms with Gasteiger partial charge in [0.1, 0.15) is 0 Å². The van der Waals surface area contributed by atoms with Crippen molar-refractivity contribution < 1.29 is 14.3 Å². The van der Waals surface area contributed by atoms with Gasteiger partial charge >= 0.3 is 5.97 Å². The Kier molecular flexibility index (Phi) is 5.18. The summed E-state index contributed by atoms with van der Waals surface area (Å²) in [6.07, 6.45) is 0.877. The summed E-state index contributed by atoms with van der Waals surface area (Å²) in [5.74, 6) is 0.385. The van der Waals surface area contributed by atoms with Gasteiger partial charge in [-0.25, -0.2) is 4.79 Å². The van der Waals surface area contributed by atoms with Gasteiger partial charge in [0.15, 0.2) is 11.5 Å². The van der Waals surface area contributed by atoms with Crippen LogP contribution in [0.4, 0.5) is 5.82 Å². The zero-order valence-electron chi connectivity index (χ0n) is 14.2. The van der Waals surface area contributed by atoms with Gasteiger partial charge in [-0.2, -0.15) is 0 Å². The van der Waals surface area contributed by atoms with E-state index in [1.807, 2.05) is 25.7 Å². The molecule has 1 fully saturated rings. The molecule has 1 aliphatic rings. The van der Waals surface area contributed by atoms with E-state index >= 15 is 0 Å². The minimum atomic E-state index is -0.498. The molecule has 23 heavy (non-hydrogen) atoms. The average Bonchev–Trinajstić information content (AvgIpc) is 2.78. The standard InChI is InChI=1S/C16H24N4O3/c1-16(2,3)15(22)20-9-5-8-19(10-11-20)13-7-6-12(17-18-13)14(21)23-4/h6-7H,5,8-11H2,1-4H3. The van der Waals surface area contributed by atoms with E-state index < -0.39 is 5.97 Å². The summed E-state index contributed by atoms with van der Waals surface area (Å²) in [7, 11) is 1.31. The van der Waals surface area contributed by atoms with Crippen LogP contribution in [0.2, 0.25) is 0 Å². The molecule has 0 aliphatic carbocycles. The molecule has 2 rings (SSSR count). The van der Waals surface area contributed by atoms with Crippen LogP contribution in [-0.2, 0) is 9.53 Å². The minimum absolute atomic E-state index is 0.173. The third-order valence-electron chi connectivity index (χ3n) is 3.79. The first-order valence-electron chi connectivity index (χ1n) is 7.79. The first-order valence-corrected chi connectivity index (χ1v) is 7.79. The normalized spacial score (nSPS) is 16.0. The maximum atomic E-state index is 12.4. The van der Waals surface area contributed by atoms with Gasteiger partial charge in [0.25, 0.3) is 0 Å². The van der Waals surface area contributed by atoms with Gasteiger partial charge in [-0.3, -0.25) is 4.79 Å². The largest absolute Gasteiger partial charge is 0.464 e. The fraction of sp³-hybridized carbons (Fsp3) is 0.625. The van der Waals surface area contributed by atoms with Crippen LogP contribution in [0.25, 0.3) is 0 Å². The highest BCUT2D eigenvalue weighted by molar-refractivity contribution is 5.87. The van der Waals surface area contributed by atoms with Gasteiger partial charge < -0.3 is 14.5 Å². The van der Waals surface area contributed by atoms with Crippen LogP contribution < -0.4 is 4.90 Å². The molecule has 0 radical (unpaired) electrons. The lowest BCUT2D eigenvalue weighted by Crippen LogP contribution is -2.41. The van der Waals surface area contributed by atoms with Crippen LogP contribution >= 0.6 is 0 Å². The number of carbonyl (C=O) groups excluding carboxylic acids is 2. The van der Waals surface area contributed by atoms with Crippen LogP contribution in [0.15, 0.2) is 12.1 Å². The molecule has 0 bridgehead atoms. The van der Waals surface area contributed by atoms with Crippen molar-refractivity contribution in [2.75, 3.05) is 38.2 Å². The fourth-order valence-electron chi connectivity index (χ4n) is 2.53. The van der Waals surface area contributed by atoms with Crippen LogP contribution in [0, 0.1) is 5.41 Å². The highest BCUT2D eigenvalue weighted by atomic mass is 16.5. The maximum Gasteiger partial charge on any atom is 0.358 e. The number of ether oxygens (including phenoxy) is 1. The summed E-state index contributed by atoms with van der Waals surface area (Å²) in [5, 5.41) is 8.01. The van der Waals surface area contributed by atoms with Crippen LogP contribution in [-0.4, -0.2) is 60.3 Å². The topological polar surface area (TPSA) is 75.6 Å². The lowest BCUT2D eigenvalue weighted by molar-refractivity contribution is -0.139. The second kappa shape index (κ2) is 6.93. The first kappa shape index (κ1) is 17.2. The van der Waals surface area contributed by atoms with E-state index in [4.69, 9.17) is 0 Å². The third kappa shape index (κ3) is 4.18. The third-order valence-corrected chi connectivity index (χ3v) is 3.79. The molecule has 7 nitrogen and oxygen atoms in total. The van der Waals surface area contributed by atoms with Gasteiger partial charge in [0.2, 0.25) is 5.91 Å². The molecule has 7 heteroatoms. The van der Waals surface area contributed by atoms with E-state index in [1.165, 1.54) is 7.11 Å². The molecule has 126 valence electrons. The molecule has 1 saturated heterocycles. The van der Waals surface area contributed by atoms with Gasteiger partial charge in [-0.05, 0) is 18.6 Å². The van der Waals surface area contributed by atoms with Crippen molar-refractivity contribution >= 4 is 17.7 Å². The second-order valence-electron chi connectivity index (χ2n) is 6.65. The molecule has 0 aromatic carbocycles. The molecule has 2 heterocycles. The zero-order chi connectivity index (χ0) is 17.0. The Morgan fingerprint density at radius 2 is 1.83 bits per heavy atom. The van der Waals surface area contributed by atoms with E-state index in [0.717, 1.165) is 19.5 Å². The molecule has 0 N–H and O–H groups in total. The Morgan fingerprint density at radius 3 is 2.39 bits per heavy atom. The summed E-state index contributed by atoms with van der Waals surface area (Å²) in [6, 6.07) is 3.37. The van der Waals surface area contributed by atoms with Crippen molar-refractivity contribution in [1.82, 2.24) is 15.1 Å². The summed E-state index contributed by atoms with van der Waals surface area (Å²) >= 11 is 0. The van der Waals surface area contributed by atoms with Gasteiger partial charge in [0, 0.05) is 31.6 Å². The lowest BCUT2D eigenvalue weighted by atomic mass is 9.94. The van der Waals surface area contributed by atoms with E-state index in [2.05, 4.69) is 19.8 Å². The number of carbonyl (C=O) groups is 2. The van der Waals surface area contributed by atoms with Gasteiger partial charge in [-0.15, -0.1) is 10.2 Å². The Labute approximate surface area is 136 Å². The van der Waals surface area contributed by atoms with Crippen molar-refractivity contribution in [2.24, 2.45) is 5.41 Å². The van der Waals surface area contributed by atoms with Crippen molar-refractivity contribution in [2.45, 2.75) is 27.2 Å². The SMILES string of the molecule is COC(=O)c1ccc(N2CCCN(C(=O)C(C)(C)C)CC2)nn1. The molecule has 0 unspecified atom stereocenters. The van der Waals surface area contributed by atoms with Crippen LogP contribution in [0.1, 0.15) is 37.7 Å². The van der Waals surface area contributed by atoms with Crippen LogP contribution in [0.5, 0.6) is 0 Å². The Bertz CT molecular complexity index is 566. The van der Waals surface area contributed by atoms with Crippen LogP contribution in [0.3, 0.4) is 0 Å². The van der Waals surface area contributed by atoms with Crippen molar-refractivity contribution in [1.29, 1.82) is 0 Å². The highest BCUT2D eigenvalue weighted by Gasteiger charge is 2.28. The number of methoxy groups -OCH3 is 1. The molecule has 1 aromatic heterocycles. The highest BCUT2D eigenvalue weighted by Crippen LogP contribution is 2.20. The molecule has 1 aromatic rings. The summed E-state index contributed by atoms with van der Waals surface area (Å²) in [5.41, 5.74) is -0.174. The molecule has 0 spiro atoms.